The van der Waals surface area contributed by atoms with E-state index in [0.717, 1.165) is 43.1 Å². The molecule has 0 atom stereocenters. The van der Waals surface area contributed by atoms with E-state index in [9.17, 15) is 0 Å². The van der Waals surface area contributed by atoms with Crippen LogP contribution in [0.15, 0.2) is 53.0 Å². The minimum absolute atomic E-state index is 0.584. The molecule has 0 aliphatic carbocycles. The van der Waals surface area contributed by atoms with Crippen LogP contribution in [0.2, 0.25) is 0 Å². The summed E-state index contributed by atoms with van der Waals surface area (Å²) >= 11 is 3.57. The largest absolute Gasteiger partial charge is 0.488 e. The van der Waals surface area contributed by atoms with Gasteiger partial charge in [0.2, 0.25) is 0 Å². The summed E-state index contributed by atoms with van der Waals surface area (Å²) in [4.78, 5) is 2.41. The van der Waals surface area contributed by atoms with E-state index >= 15 is 0 Å². The fraction of sp³-hybridized carbons (Fsp3) is 0.333. The summed E-state index contributed by atoms with van der Waals surface area (Å²) in [5.41, 5.74) is 2.45. The Morgan fingerprint density at radius 1 is 1.00 bits per heavy atom. The highest BCUT2D eigenvalue weighted by atomic mass is 79.9. The molecule has 1 aliphatic rings. The summed E-state index contributed by atoms with van der Waals surface area (Å²) < 4.78 is 12.4. The maximum atomic E-state index is 5.96. The second-order valence-corrected chi connectivity index (χ2v) is 6.28. The van der Waals surface area contributed by atoms with Crippen molar-refractivity contribution in [3.63, 3.8) is 0 Å². The van der Waals surface area contributed by atoms with Crippen LogP contribution in [-0.4, -0.2) is 31.2 Å². The van der Waals surface area contributed by atoms with E-state index in [1.165, 1.54) is 11.1 Å². The Labute approximate surface area is 140 Å². The Hall–Kier alpha value is -1.36. The zero-order valence-corrected chi connectivity index (χ0v) is 14.1. The Kier molecular flexibility index (Phi) is 5.48. The molecule has 0 aromatic heterocycles. The fourth-order valence-electron chi connectivity index (χ4n) is 2.51. The lowest BCUT2D eigenvalue weighted by atomic mass is 10.2. The Bertz CT molecular complexity index is 597. The van der Waals surface area contributed by atoms with Crippen molar-refractivity contribution < 1.29 is 9.47 Å². The highest BCUT2D eigenvalue weighted by Gasteiger charge is 2.12. The van der Waals surface area contributed by atoms with E-state index < -0.39 is 0 Å². The average Bonchev–Trinajstić information content (AvgIpc) is 2.57. The highest BCUT2D eigenvalue weighted by molar-refractivity contribution is 9.10. The number of hydrogen-bond donors (Lipinski definition) is 0. The van der Waals surface area contributed by atoms with Gasteiger partial charge in [-0.3, -0.25) is 4.90 Å². The summed E-state index contributed by atoms with van der Waals surface area (Å²) in [7, 11) is 0. The van der Waals surface area contributed by atoms with E-state index in [1.54, 1.807) is 0 Å². The van der Waals surface area contributed by atoms with Crippen molar-refractivity contribution in [2.45, 2.75) is 13.2 Å². The number of hydrogen-bond acceptors (Lipinski definition) is 3. The third-order valence-electron chi connectivity index (χ3n) is 3.74. The van der Waals surface area contributed by atoms with Crippen molar-refractivity contribution in [2.24, 2.45) is 0 Å². The van der Waals surface area contributed by atoms with Crippen LogP contribution in [0.25, 0.3) is 0 Å². The van der Waals surface area contributed by atoms with Gasteiger partial charge in [0, 0.05) is 19.6 Å². The molecule has 0 saturated carbocycles. The molecule has 2 aromatic rings. The molecule has 0 radical (unpaired) electrons. The Morgan fingerprint density at radius 2 is 1.77 bits per heavy atom. The molecule has 116 valence electrons. The third-order valence-corrected chi connectivity index (χ3v) is 4.40. The minimum atomic E-state index is 0.584. The van der Waals surface area contributed by atoms with Gasteiger partial charge >= 0.3 is 0 Å². The first-order valence-corrected chi connectivity index (χ1v) is 8.36. The lowest BCUT2D eigenvalue weighted by Crippen LogP contribution is -2.35. The molecule has 0 bridgehead atoms. The van der Waals surface area contributed by atoms with Gasteiger partial charge in [-0.15, -0.1) is 0 Å². The first kappa shape index (κ1) is 15.5. The van der Waals surface area contributed by atoms with Crippen LogP contribution in [0, 0.1) is 0 Å². The van der Waals surface area contributed by atoms with Crippen molar-refractivity contribution in [3.8, 4) is 5.75 Å². The van der Waals surface area contributed by atoms with Crippen LogP contribution in [0.3, 0.4) is 0 Å². The van der Waals surface area contributed by atoms with Gasteiger partial charge in [-0.2, -0.15) is 0 Å². The van der Waals surface area contributed by atoms with Gasteiger partial charge < -0.3 is 9.47 Å². The molecule has 1 saturated heterocycles. The number of halogens is 1. The normalized spacial score (nSPS) is 15.7. The van der Waals surface area contributed by atoms with Crippen molar-refractivity contribution >= 4 is 15.9 Å². The van der Waals surface area contributed by atoms with Crippen molar-refractivity contribution in [1.82, 2.24) is 4.90 Å². The molecule has 22 heavy (non-hydrogen) atoms. The standard InChI is InChI=1S/C18H20BrNO2/c19-17-7-6-16(13-20-8-10-21-11-9-20)12-18(17)22-14-15-4-2-1-3-5-15/h1-7,12H,8-11,13-14H2. The van der Waals surface area contributed by atoms with Crippen molar-refractivity contribution in [1.29, 1.82) is 0 Å². The van der Waals surface area contributed by atoms with Crippen LogP contribution >= 0.6 is 15.9 Å². The molecule has 1 aliphatic heterocycles. The number of rotatable bonds is 5. The fourth-order valence-corrected chi connectivity index (χ4v) is 2.87. The van der Waals surface area contributed by atoms with E-state index in [2.05, 4.69) is 51.2 Å². The molecular formula is C18H20BrNO2. The van der Waals surface area contributed by atoms with E-state index in [1.807, 2.05) is 18.2 Å². The molecule has 2 aromatic carbocycles. The topological polar surface area (TPSA) is 21.7 Å². The summed E-state index contributed by atoms with van der Waals surface area (Å²) in [6, 6.07) is 16.6. The predicted molar refractivity (Wildman–Crippen MR) is 91.0 cm³/mol. The van der Waals surface area contributed by atoms with Crippen LogP contribution in [0.5, 0.6) is 5.75 Å². The van der Waals surface area contributed by atoms with Gasteiger partial charge in [-0.25, -0.2) is 0 Å². The molecule has 0 N–H and O–H groups in total. The number of nitrogens with zero attached hydrogens (tertiary/aromatic N) is 1. The smallest absolute Gasteiger partial charge is 0.134 e. The molecule has 0 unspecified atom stereocenters. The van der Waals surface area contributed by atoms with Gasteiger partial charge in [0.25, 0.3) is 0 Å². The second-order valence-electron chi connectivity index (χ2n) is 5.43. The van der Waals surface area contributed by atoms with Crippen molar-refractivity contribution in [2.75, 3.05) is 26.3 Å². The van der Waals surface area contributed by atoms with Gasteiger partial charge in [-0.1, -0.05) is 36.4 Å². The monoisotopic (exact) mass is 361 g/mol. The zero-order valence-electron chi connectivity index (χ0n) is 12.5. The SMILES string of the molecule is Brc1ccc(CN2CCOCC2)cc1OCc1ccccc1. The molecular weight excluding hydrogens is 342 g/mol. The van der Waals surface area contributed by atoms with E-state index in [4.69, 9.17) is 9.47 Å². The highest BCUT2D eigenvalue weighted by Crippen LogP contribution is 2.27. The molecule has 1 heterocycles. The average molecular weight is 362 g/mol. The van der Waals surface area contributed by atoms with E-state index in [0.29, 0.717) is 6.61 Å². The lowest BCUT2D eigenvalue weighted by Gasteiger charge is -2.26. The lowest BCUT2D eigenvalue weighted by molar-refractivity contribution is 0.0341. The quantitative estimate of drug-likeness (QED) is 0.806. The van der Waals surface area contributed by atoms with Crippen LogP contribution in [0.4, 0.5) is 0 Å². The molecule has 0 amide bonds. The molecule has 3 rings (SSSR count). The van der Waals surface area contributed by atoms with Crippen LogP contribution < -0.4 is 4.74 Å². The van der Waals surface area contributed by atoms with Gasteiger partial charge in [-0.05, 0) is 39.2 Å². The third kappa shape index (κ3) is 4.32. The molecule has 4 heteroatoms. The summed E-state index contributed by atoms with van der Waals surface area (Å²) in [5.74, 6) is 0.898. The maximum absolute atomic E-state index is 5.96. The molecule has 3 nitrogen and oxygen atoms in total. The number of benzene rings is 2. The first-order valence-electron chi connectivity index (χ1n) is 7.56. The zero-order chi connectivity index (χ0) is 15.2. The van der Waals surface area contributed by atoms with Gasteiger partial charge in [0.15, 0.2) is 0 Å². The van der Waals surface area contributed by atoms with Gasteiger partial charge in [0.1, 0.15) is 12.4 Å². The predicted octanol–water partition coefficient (Wildman–Crippen LogP) is 3.86. The molecule has 1 fully saturated rings. The van der Waals surface area contributed by atoms with Crippen LogP contribution in [0.1, 0.15) is 11.1 Å². The Morgan fingerprint density at radius 3 is 2.55 bits per heavy atom. The summed E-state index contributed by atoms with van der Waals surface area (Å²) in [6.45, 7) is 5.17. The molecule has 0 spiro atoms. The minimum Gasteiger partial charge on any atom is -0.488 e. The number of morpholine rings is 1. The van der Waals surface area contributed by atoms with Crippen LogP contribution in [-0.2, 0) is 17.9 Å². The summed E-state index contributed by atoms with van der Waals surface area (Å²) in [5, 5.41) is 0. The Balaban J connectivity index is 1.64. The van der Waals surface area contributed by atoms with Gasteiger partial charge in [0.05, 0.1) is 17.7 Å². The van der Waals surface area contributed by atoms with Crippen molar-refractivity contribution in [3.05, 3.63) is 64.1 Å². The first-order chi connectivity index (χ1) is 10.8. The second kappa shape index (κ2) is 7.77. The summed E-state index contributed by atoms with van der Waals surface area (Å²) in [6.07, 6.45) is 0. The maximum Gasteiger partial charge on any atom is 0.134 e. The number of ether oxygens (including phenoxy) is 2. The van der Waals surface area contributed by atoms with E-state index in [-0.39, 0.29) is 0 Å².